The molecule has 1 atom stereocenters. The lowest BCUT2D eigenvalue weighted by Gasteiger charge is -2.15. The number of carboxylic acid groups (broad SMARTS) is 1. The molecule has 220 valence electrons. The van der Waals surface area contributed by atoms with E-state index in [0.717, 1.165) is 51.7 Å². The standard InChI is InChI=1S/C27H24ClN9O3.CH2O2/c1-35(40-2)27(39)31-19-6-3-16(4-7-19)22-14-29-26(32-22)24-10-8-20-11-17(12-25(38)37(20)24)21-13-18(28)5-9-23(21)36-15-30-33-34-36;2-1-3/h3-7,9,11-15,24H,8,10H2,1-2H3,(H,29,32)(H,31,39);1H,(H,2,3)/t24-;/m0./s1. The maximum Gasteiger partial charge on any atom is 0.345 e. The lowest BCUT2D eigenvalue weighted by molar-refractivity contribution is -0.122. The smallest absolute Gasteiger partial charge is 0.345 e. The van der Waals surface area contributed by atoms with Crippen LogP contribution in [-0.2, 0) is 16.1 Å². The fourth-order valence-electron chi connectivity index (χ4n) is 4.89. The van der Waals surface area contributed by atoms with E-state index in [1.807, 2.05) is 30.3 Å². The van der Waals surface area contributed by atoms with E-state index < -0.39 is 0 Å². The van der Waals surface area contributed by atoms with Gasteiger partial charge in [0.05, 0.1) is 30.7 Å². The van der Waals surface area contributed by atoms with Crippen LogP contribution in [0.4, 0.5) is 10.5 Å². The average Bonchev–Trinajstić information content (AvgIpc) is 3.79. The molecule has 3 N–H and O–H groups in total. The summed E-state index contributed by atoms with van der Waals surface area (Å²) < 4.78 is 3.33. The Morgan fingerprint density at radius 2 is 1.95 bits per heavy atom. The molecule has 1 aliphatic rings. The van der Waals surface area contributed by atoms with E-state index in [1.165, 1.54) is 20.5 Å². The van der Waals surface area contributed by atoms with E-state index in [4.69, 9.17) is 26.3 Å². The third-order valence-corrected chi connectivity index (χ3v) is 7.15. The molecular weight excluding hydrogens is 578 g/mol. The van der Waals surface area contributed by atoms with Gasteiger partial charge >= 0.3 is 6.03 Å². The molecule has 0 spiro atoms. The van der Waals surface area contributed by atoms with Crippen molar-refractivity contribution in [3.63, 3.8) is 0 Å². The molecule has 15 heteroatoms. The largest absolute Gasteiger partial charge is 0.483 e. The van der Waals surface area contributed by atoms with Gasteiger partial charge in [0, 0.05) is 35.1 Å². The summed E-state index contributed by atoms with van der Waals surface area (Å²) in [6.45, 7) is -0.250. The van der Waals surface area contributed by atoms with Crippen LogP contribution in [0.15, 0.2) is 71.9 Å². The summed E-state index contributed by atoms with van der Waals surface area (Å²) in [5.41, 5.74) is 5.35. The number of aryl methyl sites for hydroxylation is 1. The topological polar surface area (TPSA) is 173 Å². The number of rotatable bonds is 6. The number of H-pyrrole nitrogens is 1. The third kappa shape index (κ3) is 6.14. The van der Waals surface area contributed by atoms with Crippen LogP contribution in [0.25, 0.3) is 28.1 Å². The van der Waals surface area contributed by atoms with E-state index >= 15 is 0 Å². The minimum Gasteiger partial charge on any atom is -0.483 e. The Morgan fingerprint density at radius 1 is 1.19 bits per heavy atom. The van der Waals surface area contributed by atoms with Crippen molar-refractivity contribution in [2.75, 3.05) is 19.5 Å². The van der Waals surface area contributed by atoms with E-state index in [9.17, 15) is 9.59 Å². The molecule has 6 rings (SSSR count). The Bertz CT molecular complexity index is 1800. The summed E-state index contributed by atoms with van der Waals surface area (Å²) in [6, 6.07) is 15.8. The van der Waals surface area contributed by atoms with Gasteiger partial charge in [-0.3, -0.25) is 14.4 Å². The Morgan fingerprint density at radius 3 is 2.65 bits per heavy atom. The lowest BCUT2D eigenvalue weighted by Crippen LogP contribution is -2.30. The van der Waals surface area contributed by atoms with Crippen LogP contribution in [0.5, 0.6) is 0 Å². The van der Waals surface area contributed by atoms with Gasteiger partial charge in [-0.15, -0.1) is 5.10 Å². The molecule has 2 amide bonds. The molecule has 4 heterocycles. The van der Waals surface area contributed by atoms with Crippen LogP contribution < -0.4 is 10.9 Å². The van der Waals surface area contributed by atoms with E-state index in [0.29, 0.717) is 16.5 Å². The Balaban J connectivity index is 0.00000118. The molecule has 0 fully saturated rings. The van der Waals surface area contributed by atoms with E-state index in [-0.39, 0.29) is 24.1 Å². The predicted octanol–water partition coefficient (Wildman–Crippen LogP) is 3.80. The molecule has 0 unspecified atom stereocenters. The number of nitrogens with zero attached hydrogens (tertiary/aromatic N) is 7. The number of nitrogens with one attached hydrogen (secondary N) is 2. The maximum absolute atomic E-state index is 13.4. The van der Waals surface area contributed by atoms with Gasteiger partial charge in [0.2, 0.25) is 0 Å². The van der Waals surface area contributed by atoms with Gasteiger partial charge in [0.1, 0.15) is 12.2 Å². The summed E-state index contributed by atoms with van der Waals surface area (Å²) >= 11 is 6.31. The number of amides is 2. The molecule has 5 aromatic rings. The molecule has 2 aromatic carbocycles. The average molecular weight is 604 g/mol. The number of imidazole rings is 1. The predicted molar refractivity (Wildman–Crippen MR) is 157 cm³/mol. The van der Waals surface area contributed by atoms with Crippen molar-refractivity contribution in [3.05, 3.63) is 94.0 Å². The number of tetrazole rings is 1. The second-order valence-electron chi connectivity index (χ2n) is 9.39. The van der Waals surface area contributed by atoms with Crippen LogP contribution in [0.2, 0.25) is 5.02 Å². The molecule has 0 aliphatic carbocycles. The molecule has 3 aromatic heterocycles. The minimum absolute atomic E-state index is 0.128. The Labute approximate surface area is 249 Å². The highest BCUT2D eigenvalue weighted by atomic mass is 35.5. The summed E-state index contributed by atoms with van der Waals surface area (Å²) in [5, 5.41) is 22.7. The molecular formula is C28H26ClN9O5. The van der Waals surface area contributed by atoms with Crippen molar-refractivity contribution in [1.29, 1.82) is 0 Å². The van der Waals surface area contributed by atoms with Crippen molar-refractivity contribution >= 4 is 29.8 Å². The first kappa shape index (κ1) is 29.2. The number of benzene rings is 2. The van der Waals surface area contributed by atoms with Crippen molar-refractivity contribution in [2.45, 2.75) is 18.9 Å². The first-order chi connectivity index (χ1) is 20.8. The normalized spacial score (nSPS) is 13.5. The highest BCUT2D eigenvalue weighted by molar-refractivity contribution is 6.31. The SMILES string of the molecule is CON(C)C(=O)Nc1ccc(-c2cnc([C@@H]3CCc4cc(-c5cc(Cl)ccc5-n5cnnn5)cc(=O)n43)[nH]2)cc1.O=CO. The molecule has 0 saturated heterocycles. The summed E-state index contributed by atoms with van der Waals surface area (Å²) in [7, 11) is 2.94. The molecule has 14 nitrogen and oxygen atoms in total. The molecule has 0 bridgehead atoms. The van der Waals surface area contributed by atoms with Gasteiger partial charge in [0.15, 0.2) is 0 Å². The van der Waals surface area contributed by atoms with Crippen LogP contribution in [0.3, 0.4) is 0 Å². The number of aromatic nitrogens is 7. The summed E-state index contributed by atoms with van der Waals surface area (Å²) in [6.07, 6.45) is 4.71. The van der Waals surface area contributed by atoms with Crippen molar-refractivity contribution in [1.82, 2.24) is 39.8 Å². The molecule has 43 heavy (non-hydrogen) atoms. The summed E-state index contributed by atoms with van der Waals surface area (Å²) in [5.74, 6) is 0.708. The van der Waals surface area contributed by atoms with E-state index in [1.54, 1.807) is 39.7 Å². The monoisotopic (exact) mass is 603 g/mol. The number of hydrogen-bond donors (Lipinski definition) is 3. The molecule has 0 radical (unpaired) electrons. The number of pyridine rings is 1. The van der Waals surface area contributed by atoms with Gasteiger partial charge < -0.3 is 20.0 Å². The summed E-state index contributed by atoms with van der Waals surface area (Å²) in [4.78, 5) is 46.7. The van der Waals surface area contributed by atoms with Crippen LogP contribution in [0.1, 0.15) is 24.0 Å². The fourth-order valence-corrected chi connectivity index (χ4v) is 5.06. The Kier molecular flexibility index (Phi) is 8.59. The number of hydroxylamine groups is 2. The minimum atomic E-state index is -0.380. The zero-order valence-electron chi connectivity index (χ0n) is 23.0. The van der Waals surface area contributed by atoms with Crippen molar-refractivity contribution in [2.24, 2.45) is 0 Å². The number of fused-ring (bicyclic) bond motifs is 1. The third-order valence-electron chi connectivity index (χ3n) is 6.92. The van der Waals surface area contributed by atoms with Gasteiger partial charge in [-0.05, 0) is 70.8 Å². The van der Waals surface area contributed by atoms with Gasteiger partial charge in [-0.1, -0.05) is 23.7 Å². The number of hydrogen-bond acceptors (Lipinski definition) is 8. The second-order valence-corrected chi connectivity index (χ2v) is 9.83. The first-order valence-electron chi connectivity index (χ1n) is 12.9. The second kappa shape index (κ2) is 12.7. The maximum atomic E-state index is 13.4. The number of carbonyl (C=O) groups excluding carboxylic acids is 1. The van der Waals surface area contributed by atoms with E-state index in [2.05, 4.69) is 30.8 Å². The number of urea groups is 1. The number of halogens is 1. The highest BCUT2D eigenvalue weighted by Crippen LogP contribution is 2.34. The van der Waals surface area contributed by atoms with Gasteiger partial charge in [-0.2, -0.15) is 4.68 Å². The molecule has 0 saturated carbocycles. The quantitative estimate of drug-likeness (QED) is 0.193. The van der Waals surface area contributed by atoms with Gasteiger partial charge in [-0.25, -0.2) is 14.8 Å². The van der Waals surface area contributed by atoms with Gasteiger partial charge in [0.25, 0.3) is 12.0 Å². The zero-order valence-corrected chi connectivity index (χ0v) is 23.8. The van der Waals surface area contributed by atoms with Crippen LogP contribution in [-0.4, -0.2) is 71.6 Å². The number of carbonyl (C=O) groups is 2. The first-order valence-corrected chi connectivity index (χ1v) is 13.3. The van der Waals surface area contributed by atoms with Crippen molar-refractivity contribution in [3.8, 4) is 28.1 Å². The van der Waals surface area contributed by atoms with Crippen molar-refractivity contribution < 1.29 is 19.5 Å². The lowest BCUT2D eigenvalue weighted by atomic mass is 10.0. The number of aromatic amines is 1. The fraction of sp³-hybridized carbons (Fsp3) is 0.179. The van der Waals surface area contributed by atoms with Crippen LogP contribution >= 0.6 is 11.6 Å². The molecule has 1 aliphatic heterocycles. The highest BCUT2D eigenvalue weighted by Gasteiger charge is 2.28. The zero-order chi connectivity index (χ0) is 30.5. The van der Waals surface area contributed by atoms with Crippen LogP contribution in [0, 0.1) is 0 Å². The number of anilines is 1. The Hall–Kier alpha value is -5.34.